The Kier molecular flexibility index (Phi) is 4.10. The van der Waals surface area contributed by atoms with Crippen molar-refractivity contribution in [1.29, 1.82) is 0 Å². The first kappa shape index (κ1) is 12.3. The molecule has 1 heterocycles. The van der Waals surface area contributed by atoms with E-state index in [0.717, 1.165) is 11.5 Å². The third-order valence-electron chi connectivity index (χ3n) is 2.22. The van der Waals surface area contributed by atoms with Crippen molar-refractivity contribution in [2.75, 3.05) is 13.6 Å². The number of hydrogen-bond acceptors (Lipinski definition) is 3. The van der Waals surface area contributed by atoms with E-state index in [1.54, 1.807) is 7.05 Å². The fourth-order valence-corrected chi connectivity index (χ4v) is 1.29. The molecule has 5 heteroatoms. The summed E-state index contributed by atoms with van der Waals surface area (Å²) in [6.45, 7) is 2.31. The Bertz CT molecular complexity index is 383. The highest BCUT2D eigenvalue weighted by Gasteiger charge is 2.13. The molecule has 1 amide bonds. The minimum Gasteiger partial charge on any atom is -0.481 e. The standard InChI is InChI=1S/C11H15NO4/c1-8-3-4-9(16-8)5-6-12(2)10(13)7-11(14)15/h3-4H,5-7H2,1-2H3,(H,14,15). The van der Waals surface area contributed by atoms with Crippen LogP contribution in [0.4, 0.5) is 0 Å². The van der Waals surface area contributed by atoms with Crippen LogP contribution in [0, 0.1) is 6.92 Å². The van der Waals surface area contributed by atoms with Crippen LogP contribution in [-0.2, 0) is 16.0 Å². The summed E-state index contributed by atoms with van der Waals surface area (Å²) >= 11 is 0. The Balaban J connectivity index is 2.37. The maximum Gasteiger partial charge on any atom is 0.312 e. The van der Waals surface area contributed by atoms with Crippen molar-refractivity contribution in [1.82, 2.24) is 4.90 Å². The van der Waals surface area contributed by atoms with E-state index in [2.05, 4.69) is 0 Å². The summed E-state index contributed by atoms with van der Waals surface area (Å²) in [4.78, 5) is 23.0. The maximum absolute atomic E-state index is 11.3. The molecule has 0 radical (unpaired) electrons. The van der Waals surface area contributed by atoms with Gasteiger partial charge in [0.05, 0.1) is 0 Å². The molecule has 1 aromatic rings. The molecule has 16 heavy (non-hydrogen) atoms. The zero-order chi connectivity index (χ0) is 12.1. The van der Waals surface area contributed by atoms with E-state index in [4.69, 9.17) is 9.52 Å². The molecule has 0 saturated carbocycles. The van der Waals surface area contributed by atoms with Crippen LogP contribution < -0.4 is 0 Å². The lowest BCUT2D eigenvalue weighted by Crippen LogP contribution is -2.30. The summed E-state index contributed by atoms with van der Waals surface area (Å²) in [5.74, 6) is 0.128. The van der Waals surface area contributed by atoms with Gasteiger partial charge in [-0.2, -0.15) is 0 Å². The first-order valence-electron chi connectivity index (χ1n) is 5.00. The van der Waals surface area contributed by atoms with E-state index in [-0.39, 0.29) is 0 Å². The third-order valence-corrected chi connectivity index (χ3v) is 2.22. The molecular formula is C11H15NO4. The zero-order valence-electron chi connectivity index (χ0n) is 9.40. The first-order valence-corrected chi connectivity index (χ1v) is 5.00. The van der Waals surface area contributed by atoms with E-state index >= 15 is 0 Å². The normalized spacial score (nSPS) is 10.1. The van der Waals surface area contributed by atoms with Gasteiger partial charge in [-0.15, -0.1) is 0 Å². The van der Waals surface area contributed by atoms with Crippen LogP contribution in [0.5, 0.6) is 0 Å². The predicted octanol–water partition coefficient (Wildman–Crippen LogP) is 1.06. The molecule has 0 aliphatic rings. The second-order valence-corrected chi connectivity index (χ2v) is 3.65. The van der Waals surface area contributed by atoms with Gasteiger partial charge in [-0.1, -0.05) is 0 Å². The summed E-state index contributed by atoms with van der Waals surface area (Å²) in [7, 11) is 1.58. The topological polar surface area (TPSA) is 70.8 Å². The van der Waals surface area contributed by atoms with E-state index in [9.17, 15) is 9.59 Å². The van der Waals surface area contributed by atoms with Crippen molar-refractivity contribution in [3.8, 4) is 0 Å². The molecule has 0 aromatic carbocycles. The molecule has 5 nitrogen and oxygen atoms in total. The number of carboxylic acids is 1. The van der Waals surface area contributed by atoms with Crippen LogP contribution in [0.1, 0.15) is 17.9 Å². The Morgan fingerprint density at radius 3 is 2.62 bits per heavy atom. The number of carboxylic acid groups (broad SMARTS) is 1. The van der Waals surface area contributed by atoms with Gasteiger partial charge in [0.25, 0.3) is 0 Å². The average molecular weight is 225 g/mol. The van der Waals surface area contributed by atoms with Crippen LogP contribution in [-0.4, -0.2) is 35.5 Å². The quantitative estimate of drug-likeness (QED) is 0.761. The van der Waals surface area contributed by atoms with Crippen molar-refractivity contribution in [2.45, 2.75) is 19.8 Å². The summed E-state index contributed by atoms with van der Waals surface area (Å²) in [6, 6.07) is 3.71. The minimum atomic E-state index is -1.11. The SMILES string of the molecule is Cc1ccc(CCN(C)C(=O)CC(=O)O)o1. The molecule has 0 spiro atoms. The smallest absolute Gasteiger partial charge is 0.312 e. The Labute approximate surface area is 93.7 Å². The van der Waals surface area contributed by atoms with Gasteiger partial charge in [-0.25, -0.2) is 0 Å². The molecule has 0 bridgehead atoms. The van der Waals surface area contributed by atoms with E-state index < -0.39 is 18.3 Å². The number of rotatable bonds is 5. The predicted molar refractivity (Wildman–Crippen MR) is 57.0 cm³/mol. The number of likely N-dealkylation sites (N-methyl/N-ethyl adjacent to an activating group) is 1. The van der Waals surface area contributed by atoms with Crippen LogP contribution >= 0.6 is 0 Å². The van der Waals surface area contributed by atoms with Crippen molar-refractivity contribution < 1.29 is 19.1 Å². The number of furan rings is 1. The largest absolute Gasteiger partial charge is 0.481 e. The highest BCUT2D eigenvalue weighted by Crippen LogP contribution is 2.07. The van der Waals surface area contributed by atoms with E-state index in [0.29, 0.717) is 13.0 Å². The van der Waals surface area contributed by atoms with Crippen LogP contribution in [0.25, 0.3) is 0 Å². The molecule has 0 atom stereocenters. The van der Waals surface area contributed by atoms with Crippen molar-refractivity contribution in [3.05, 3.63) is 23.7 Å². The van der Waals surface area contributed by atoms with Crippen LogP contribution in [0.2, 0.25) is 0 Å². The van der Waals surface area contributed by atoms with Crippen molar-refractivity contribution in [3.63, 3.8) is 0 Å². The second-order valence-electron chi connectivity index (χ2n) is 3.65. The number of carbonyl (C=O) groups excluding carboxylic acids is 1. The number of carbonyl (C=O) groups is 2. The Morgan fingerprint density at radius 1 is 1.44 bits per heavy atom. The van der Waals surface area contributed by atoms with Gasteiger partial charge in [-0.3, -0.25) is 9.59 Å². The molecule has 1 N–H and O–H groups in total. The van der Waals surface area contributed by atoms with Gasteiger partial charge in [0.1, 0.15) is 17.9 Å². The first-order chi connectivity index (χ1) is 7.49. The molecule has 1 aromatic heterocycles. The average Bonchev–Trinajstić information content (AvgIpc) is 2.59. The minimum absolute atomic E-state index is 0.393. The van der Waals surface area contributed by atoms with Gasteiger partial charge in [-0.05, 0) is 19.1 Å². The zero-order valence-corrected chi connectivity index (χ0v) is 9.40. The highest BCUT2D eigenvalue weighted by atomic mass is 16.4. The van der Waals surface area contributed by atoms with E-state index in [1.165, 1.54) is 4.90 Å². The molecule has 0 aliphatic carbocycles. The number of hydrogen-bond donors (Lipinski definition) is 1. The molecule has 0 unspecified atom stereocenters. The summed E-state index contributed by atoms with van der Waals surface area (Å²) < 4.78 is 5.34. The van der Waals surface area contributed by atoms with Gasteiger partial charge < -0.3 is 14.4 Å². The lowest BCUT2D eigenvalue weighted by Gasteiger charge is -2.14. The number of aliphatic carboxylic acids is 1. The van der Waals surface area contributed by atoms with Crippen molar-refractivity contribution in [2.24, 2.45) is 0 Å². The van der Waals surface area contributed by atoms with Gasteiger partial charge in [0, 0.05) is 20.0 Å². The third kappa shape index (κ3) is 3.76. The number of amides is 1. The molecule has 0 fully saturated rings. The summed E-state index contributed by atoms with van der Waals surface area (Å²) in [5.41, 5.74) is 0. The monoisotopic (exact) mass is 225 g/mol. The lowest BCUT2D eigenvalue weighted by molar-refractivity contribution is -0.143. The lowest BCUT2D eigenvalue weighted by atomic mass is 10.3. The molecule has 0 aliphatic heterocycles. The summed E-state index contributed by atoms with van der Waals surface area (Å²) in [6.07, 6.45) is 0.128. The van der Waals surface area contributed by atoms with Gasteiger partial charge in [0.15, 0.2) is 0 Å². The number of aryl methyl sites for hydroxylation is 1. The highest BCUT2D eigenvalue weighted by molar-refractivity contribution is 5.93. The molecule has 0 saturated heterocycles. The fraction of sp³-hybridized carbons (Fsp3) is 0.455. The Hall–Kier alpha value is -1.78. The molecular weight excluding hydrogens is 210 g/mol. The molecule has 88 valence electrons. The van der Waals surface area contributed by atoms with Crippen molar-refractivity contribution >= 4 is 11.9 Å². The van der Waals surface area contributed by atoms with Crippen LogP contribution in [0.15, 0.2) is 16.5 Å². The van der Waals surface area contributed by atoms with Gasteiger partial charge in [0.2, 0.25) is 5.91 Å². The Morgan fingerprint density at radius 2 is 2.12 bits per heavy atom. The number of nitrogens with zero attached hydrogens (tertiary/aromatic N) is 1. The fourth-order valence-electron chi connectivity index (χ4n) is 1.29. The van der Waals surface area contributed by atoms with Gasteiger partial charge >= 0.3 is 5.97 Å². The van der Waals surface area contributed by atoms with E-state index in [1.807, 2.05) is 19.1 Å². The van der Waals surface area contributed by atoms with Crippen LogP contribution in [0.3, 0.4) is 0 Å². The summed E-state index contributed by atoms with van der Waals surface area (Å²) in [5, 5.41) is 8.46. The maximum atomic E-state index is 11.3. The molecule has 1 rings (SSSR count). The second kappa shape index (κ2) is 5.34.